The van der Waals surface area contributed by atoms with Gasteiger partial charge in [0, 0.05) is 32.7 Å². The van der Waals surface area contributed by atoms with Crippen molar-refractivity contribution >= 4 is 11.8 Å². The van der Waals surface area contributed by atoms with Gasteiger partial charge in [0.2, 0.25) is 5.91 Å². The molecule has 0 atom stereocenters. The first kappa shape index (κ1) is 18.2. The number of ether oxygens (including phenoxy) is 1. The summed E-state index contributed by atoms with van der Waals surface area (Å²) >= 11 is 0. The van der Waals surface area contributed by atoms with Crippen molar-refractivity contribution in [1.29, 1.82) is 0 Å². The van der Waals surface area contributed by atoms with E-state index < -0.39 is 0 Å². The maximum Gasteiger partial charge on any atom is 0.257 e. The Kier molecular flexibility index (Phi) is 7.11. The highest BCUT2D eigenvalue weighted by atomic mass is 16.5. The summed E-state index contributed by atoms with van der Waals surface area (Å²) in [5, 5.41) is 2.75. The lowest BCUT2D eigenvalue weighted by Gasteiger charge is -2.26. The second-order valence-corrected chi connectivity index (χ2v) is 5.51. The van der Waals surface area contributed by atoms with Crippen LogP contribution in [0.1, 0.15) is 42.1 Å². The van der Waals surface area contributed by atoms with Crippen LogP contribution in [0.15, 0.2) is 10.5 Å². The molecule has 0 aliphatic carbocycles. The number of carbonyl (C=O) groups is 2. The second-order valence-electron chi connectivity index (χ2n) is 5.51. The Bertz CT molecular complexity index is 508. The van der Waals surface area contributed by atoms with Gasteiger partial charge in [0.25, 0.3) is 5.91 Å². The van der Waals surface area contributed by atoms with E-state index in [9.17, 15) is 9.59 Å². The molecular weight excluding hydrogens is 284 g/mol. The lowest BCUT2D eigenvalue weighted by Crippen LogP contribution is -2.40. The average Bonchev–Trinajstić information content (AvgIpc) is 2.77. The molecule has 0 spiro atoms. The molecule has 0 saturated heterocycles. The summed E-state index contributed by atoms with van der Waals surface area (Å²) in [4.78, 5) is 26.0. The molecular formula is C16H26N2O4. The highest BCUT2D eigenvalue weighted by molar-refractivity contribution is 5.95. The average molecular weight is 310 g/mol. The van der Waals surface area contributed by atoms with Crippen LogP contribution in [0.5, 0.6) is 0 Å². The van der Waals surface area contributed by atoms with E-state index in [1.54, 1.807) is 25.0 Å². The predicted molar refractivity (Wildman–Crippen MR) is 83.9 cm³/mol. The van der Waals surface area contributed by atoms with Crippen molar-refractivity contribution < 1.29 is 18.7 Å². The minimum atomic E-state index is -0.103. The number of hydrogen-bond donors (Lipinski definition) is 1. The van der Waals surface area contributed by atoms with Crippen molar-refractivity contribution in [3.63, 3.8) is 0 Å². The van der Waals surface area contributed by atoms with Gasteiger partial charge >= 0.3 is 0 Å². The van der Waals surface area contributed by atoms with Gasteiger partial charge in [-0.25, -0.2) is 0 Å². The third-order valence-corrected chi connectivity index (χ3v) is 3.36. The molecule has 0 fully saturated rings. The van der Waals surface area contributed by atoms with Crippen LogP contribution in [-0.4, -0.2) is 49.6 Å². The molecule has 1 N–H and O–H groups in total. The smallest absolute Gasteiger partial charge is 0.257 e. The van der Waals surface area contributed by atoms with Gasteiger partial charge in [-0.2, -0.15) is 0 Å². The Hall–Kier alpha value is -1.82. The summed E-state index contributed by atoms with van der Waals surface area (Å²) in [5.74, 6) is 1.13. The summed E-state index contributed by atoms with van der Waals surface area (Å²) in [7, 11) is 1.58. The normalized spacial score (nSPS) is 10.8. The fraction of sp³-hybridized carbons (Fsp3) is 0.625. The number of hydrogen-bond acceptors (Lipinski definition) is 4. The van der Waals surface area contributed by atoms with Crippen molar-refractivity contribution in [3.8, 4) is 0 Å². The van der Waals surface area contributed by atoms with Crippen LogP contribution in [0.25, 0.3) is 0 Å². The molecule has 0 aliphatic rings. The Morgan fingerprint density at radius 3 is 2.55 bits per heavy atom. The van der Waals surface area contributed by atoms with E-state index in [1.807, 2.05) is 20.8 Å². The number of methoxy groups -OCH3 is 1. The van der Waals surface area contributed by atoms with Crippen molar-refractivity contribution in [2.75, 3.05) is 26.8 Å². The molecule has 0 radical (unpaired) electrons. The number of rotatable bonds is 8. The van der Waals surface area contributed by atoms with Crippen LogP contribution in [0.3, 0.4) is 0 Å². The first-order valence-electron chi connectivity index (χ1n) is 7.50. The van der Waals surface area contributed by atoms with Crippen molar-refractivity contribution in [2.24, 2.45) is 0 Å². The number of furan rings is 1. The van der Waals surface area contributed by atoms with E-state index in [1.165, 1.54) is 0 Å². The van der Waals surface area contributed by atoms with E-state index in [-0.39, 0.29) is 24.3 Å². The fourth-order valence-corrected chi connectivity index (χ4v) is 2.20. The summed E-state index contributed by atoms with van der Waals surface area (Å²) < 4.78 is 10.3. The second kappa shape index (κ2) is 8.58. The molecule has 0 aromatic carbocycles. The molecule has 1 aromatic rings. The van der Waals surface area contributed by atoms with Gasteiger partial charge in [0.1, 0.15) is 11.5 Å². The number of amides is 2. The van der Waals surface area contributed by atoms with E-state index in [0.29, 0.717) is 36.8 Å². The van der Waals surface area contributed by atoms with Gasteiger partial charge in [-0.05, 0) is 33.8 Å². The summed E-state index contributed by atoms with van der Waals surface area (Å²) in [5.41, 5.74) is 0.561. The highest BCUT2D eigenvalue weighted by Gasteiger charge is 2.23. The quantitative estimate of drug-likeness (QED) is 0.744. The van der Waals surface area contributed by atoms with Gasteiger partial charge in [0.05, 0.1) is 12.2 Å². The SMILES string of the molecule is COCCNC(=O)CCN(C(=O)c1cc(C)oc1C)C(C)C. The standard InChI is InChI=1S/C16H26N2O4/c1-11(2)18(8-6-15(19)17-7-9-21-5)16(20)14-10-12(3)22-13(14)4/h10-11H,6-9H2,1-5H3,(H,17,19). The number of carbonyl (C=O) groups excluding carboxylic acids is 2. The zero-order valence-corrected chi connectivity index (χ0v) is 14.1. The van der Waals surface area contributed by atoms with E-state index in [4.69, 9.17) is 9.15 Å². The van der Waals surface area contributed by atoms with Crippen LogP contribution in [0.2, 0.25) is 0 Å². The fourth-order valence-electron chi connectivity index (χ4n) is 2.20. The highest BCUT2D eigenvalue weighted by Crippen LogP contribution is 2.17. The molecule has 1 rings (SSSR count). The molecule has 0 unspecified atom stereocenters. The van der Waals surface area contributed by atoms with E-state index >= 15 is 0 Å². The molecule has 1 aromatic heterocycles. The molecule has 2 amide bonds. The van der Waals surface area contributed by atoms with Gasteiger partial charge in [-0.3, -0.25) is 9.59 Å². The van der Waals surface area contributed by atoms with E-state index in [2.05, 4.69) is 5.32 Å². The molecule has 0 aliphatic heterocycles. The molecule has 1 heterocycles. The van der Waals surface area contributed by atoms with Gasteiger partial charge in [0.15, 0.2) is 0 Å². The van der Waals surface area contributed by atoms with Gasteiger partial charge in [-0.15, -0.1) is 0 Å². The number of nitrogens with one attached hydrogen (secondary N) is 1. The number of nitrogens with zero attached hydrogens (tertiary/aromatic N) is 1. The molecule has 0 bridgehead atoms. The predicted octanol–water partition coefficient (Wildman–Crippen LogP) is 1.90. The summed E-state index contributed by atoms with van der Waals surface area (Å²) in [6, 6.07) is 1.75. The summed E-state index contributed by atoms with van der Waals surface area (Å²) in [6.07, 6.45) is 0.267. The maximum absolute atomic E-state index is 12.6. The molecule has 6 heteroatoms. The van der Waals surface area contributed by atoms with Crippen molar-refractivity contribution in [1.82, 2.24) is 10.2 Å². The van der Waals surface area contributed by atoms with Crippen LogP contribution >= 0.6 is 0 Å². The Morgan fingerprint density at radius 1 is 1.36 bits per heavy atom. The van der Waals surface area contributed by atoms with Crippen molar-refractivity contribution in [3.05, 3.63) is 23.2 Å². The minimum absolute atomic E-state index is 0.00822. The maximum atomic E-state index is 12.6. The van der Waals surface area contributed by atoms with Crippen LogP contribution in [-0.2, 0) is 9.53 Å². The largest absolute Gasteiger partial charge is 0.466 e. The lowest BCUT2D eigenvalue weighted by molar-refractivity contribution is -0.121. The lowest BCUT2D eigenvalue weighted by atomic mass is 10.1. The zero-order valence-electron chi connectivity index (χ0n) is 14.1. The third-order valence-electron chi connectivity index (χ3n) is 3.36. The van der Waals surface area contributed by atoms with Crippen LogP contribution in [0, 0.1) is 13.8 Å². The van der Waals surface area contributed by atoms with E-state index in [0.717, 1.165) is 0 Å². The Labute approximate surface area is 131 Å². The Morgan fingerprint density at radius 2 is 2.05 bits per heavy atom. The number of aryl methyl sites for hydroxylation is 2. The molecule has 0 saturated carbocycles. The zero-order chi connectivity index (χ0) is 16.7. The molecule has 6 nitrogen and oxygen atoms in total. The monoisotopic (exact) mass is 310 g/mol. The van der Waals surface area contributed by atoms with Crippen molar-refractivity contribution in [2.45, 2.75) is 40.2 Å². The topological polar surface area (TPSA) is 71.8 Å². The molecule has 124 valence electrons. The first-order valence-corrected chi connectivity index (χ1v) is 7.50. The first-order chi connectivity index (χ1) is 10.4. The Balaban J connectivity index is 2.64. The van der Waals surface area contributed by atoms with Gasteiger partial charge < -0.3 is 19.4 Å². The third kappa shape index (κ3) is 5.18. The minimum Gasteiger partial charge on any atom is -0.466 e. The van der Waals surface area contributed by atoms with Crippen LogP contribution < -0.4 is 5.32 Å². The van der Waals surface area contributed by atoms with Gasteiger partial charge in [-0.1, -0.05) is 0 Å². The molecule has 22 heavy (non-hydrogen) atoms. The summed E-state index contributed by atoms with van der Waals surface area (Å²) in [6.45, 7) is 8.78. The van der Waals surface area contributed by atoms with Crippen LogP contribution in [0.4, 0.5) is 0 Å².